The molecule has 0 unspecified atom stereocenters. The smallest absolute Gasteiger partial charge is 0.251 e. The third-order valence-corrected chi connectivity index (χ3v) is 6.04. The number of benzene rings is 2. The summed E-state index contributed by atoms with van der Waals surface area (Å²) >= 11 is 0. The molecule has 0 spiro atoms. The van der Waals surface area contributed by atoms with Crippen LogP contribution in [0, 0.1) is 0 Å². The Hall–Kier alpha value is -4.20. The Morgan fingerprint density at radius 1 is 1.12 bits per heavy atom. The highest BCUT2D eigenvalue weighted by molar-refractivity contribution is 6.06. The Balaban J connectivity index is 1.32. The van der Waals surface area contributed by atoms with Crippen LogP contribution in [0.1, 0.15) is 15.9 Å². The van der Waals surface area contributed by atoms with Gasteiger partial charge in [-0.1, -0.05) is 18.2 Å². The minimum atomic E-state index is -0.115. The van der Waals surface area contributed by atoms with E-state index in [1.807, 2.05) is 36.4 Å². The molecule has 1 aliphatic heterocycles. The maximum Gasteiger partial charge on any atom is 0.251 e. The molecular formula is C26H26N6O2. The van der Waals surface area contributed by atoms with Gasteiger partial charge in [-0.3, -0.25) is 9.78 Å². The Morgan fingerprint density at radius 2 is 2.03 bits per heavy atom. The summed E-state index contributed by atoms with van der Waals surface area (Å²) in [4.78, 5) is 27.8. The fraction of sp³-hybridized carbons (Fsp3) is 0.231. The summed E-state index contributed by atoms with van der Waals surface area (Å²) in [5, 5.41) is 6.94. The van der Waals surface area contributed by atoms with Crippen molar-refractivity contribution in [1.29, 1.82) is 0 Å². The van der Waals surface area contributed by atoms with Gasteiger partial charge < -0.3 is 20.3 Å². The molecule has 172 valence electrons. The maximum absolute atomic E-state index is 12.2. The van der Waals surface area contributed by atoms with E-state index in [1.54, 1.807) is 25.6 Å². The van der Waals surface area contributed by atoms with E-state index >= 15 is 0 Å². The number of aromatic nitrogens is 3. The first-order valence-electron chi connectivity index (χ1n) is 11.3. The van der Waals surface area contributed by atoms with Crippen molar-refractivity contribution < 1.29 is 9.53 Å². The first-order valence-corrected chi connectivity index (χ1v) is 11.3. The molecule has 3 heterocycles. The third kappa shape index (κ3) is 4.22. The molecule has 0 saturated carbocycles. The number of amides is 1. The first kappa shape index (κ1) is 21.6. The van der Waals surface area contributed by atoms with Crippen LogP contribution in [0.3, 0.4) is 0 Å². The second kappa shape index (κ2) is 9.35. The fourth-order valence-electron chi connectivity index (χ4n) is 4.22. The summed E-state index contributed by atoms with van der Waals surface area (Å²) in [7, 11) is 3.70. The number of carbonyl (C=O) groups is 1. The number of para-hydroxylation sites is 1. The second-order valence-electron chi connectivity index (χ2n) is 8.17. The number of anilines is 2. The summed E-state index contributed by atoms with van der Waals surface area (Å²) in [6.07, 6.45) is 4.00. The summed E-state index contributed by atoms with van der Waals surface area (Å²) in [5.41, 5.74) is 5.47. The van der Waals surface area contributed by atoms with Crippen LogP contribution < -0.4 is 20.3 Å². The standard InChI is InChI=1S/C26H26N6O2/c1-27-26(33)20-9-11-29-25-17(4-3-5-19(20)25)8-10-28-24-15-21(30-16-31-24)18-6-7-23-22(14-18)32(2)12-13-34-23/h3-7,9,11,14-16H,8,10,12-13H2,1-2H3,(H,27,33)(H,28,30,31). The van der Waals surface area contributed by atoms with Gasteiger partial charge in [0, 0.05) is 43.9 Å². The van der Waals surface area contributed by atoms with Crippen molar-refractivity contribution in [3.05, 3.63) is 72.2 Å². The van der Waals surface area contributed by atoms with Gasteiger partial charge in [0.1, 0.15) is 24.5 Å². The highest BCUT2D eigenvalue weighted by Crippen LogP contribution is 2.34. The molecule has 2 aromatic carbocycles. The third-order valence-electron chi connectivity index (χ3n) is 6.04. The lowest BCUT2D eigenvalue weighted by Crippen LogP contribution is -2.28. The van der Waals surface area contributed by atoms with Crippen molar-refractivity contribution in [3.8, 4) is 17.0 Å². The van der Waals surface area contributed by atoms with Gasteiger partial charge in [-0.25, -0.2) is 9.97 Å². The zero-order chi connectivity index (χ0) is 23.5. The molecule has 5 rings (SSSR count). The predicted octanol–water partition coefficient (Wildman–Crippen LogP) is 3.53. The van der Waals surface area contributed by atoms with Crippen LogP contribution in [-0.2, 0) is 6.42 Å². The molecule has 2 N–H and O–H groups in total. The number of hydrogen-bond acceptors (Lipinski definition) is 7. The molecule has 4 aromatic rings. The van der Waals surface area contributed by atoms with Crippen LogP contribution in [0.25, 0.3) is 22.2 Å². The first-order chi connectivity index (χ1) is 16.6. The van der Waals surface area contributed by atoms with E-state index in [0.717, 1.165) is 57.9 Å². The number of carbonyl (C=O) groups excluding carboxylic acids is 1. The Morgan fingerprint density at radius 3 is 2.91 bits per heavy atom. The van der Waals surface area contributed by atoms with Gasteiger partial charge in [-0.2, -0.15) is 0 Å². The molecule has 2 aromatic heterocycles. The zero-order valence-electron chi connectivity index (χ0n) is 19.2. The van der Waals surface area contributed by atoms with Crippen molar-refractivity contribution in [1.82, 2.24) is 20.3 Å². The van der Waals surface area contributed by atoms with Crippen molar-refractivity contribution in [2.24, 2.45) is 0 Å². The molecule has 0 saturated heterocycles. The van der Waals surface area contributed by atoms with E-state index < -0.39 is 0 Å². The number of hydrogen-bond donors (Lipinski definition) is 2. The summed E-state index contributed by atoms with van der Waals surface area (Å²) in [6.45, 7) is 2.23. The van der Waals surface area contributed by atoms with Gasteiger partial charge in [-0.05, 0) is 36.2 Å². The molecule has 1 aliphatic rings. The number of fused-ring (bicyclic) bond motifs is 2. The zero-order valence-corrected chi connectivity index (χ0v) is 19.2. The number of rotatable bonds is 6. The van der Waals surface area contributed by atoms with Crippen LogP contribution in [0.2, 0.25) is 0 Å². The van der Waals surface area contributed by atoms with Gasteiger partial charge in [-0.15, -0.1) is 0 Å². The molecule has 1 amide bonds. The molecule has 8 nitrogen and oxygen atoms in total. The van der Waals surface area contributed by atoms with E-state index in [1.165, 1.54) is 0 Å². The highest BCUT2D eigenvalue weighted by atomic mass is 16.5. The van der Waals surface area contributed by atoms with Crippen LogP contribution in [0.15, 0.2) is 61.1 Å². The van der Waals surface area contributed by atoms with Crippen molar-refractivity contribution in [3.63, 3.8) is 0 Å². The number of nitrogens with one attached hydrogen (secondary N) is 2. The van der Waals surface area contributed by atoms with Gasteiger partial charge in [0.05, 0.1) is 29.0 Å². The number of ether oxygens (including phenoxy) is 1. The van der Waals surface area contributed by atoms with E-state index in [2.05, 4.69) is 43.6 Å². The Labute approximate surface area is 198 Å². The number of nitrogens with zero attached hydrogens (tertiary/aromatic N) is 4. The lowest BCUT2D eigenvalue weighted by molar-refractivity contribution is 0.0964. The van der Waals surface area contributed by atoms with Gasteiger partial charge in [0.2, 0.25) is 0 Å². The molecule has 0 radical (unpaired) electrons. The molecule has 0 bridgehead atoms. The summed E-state index contributed by atoms with van der Waals surface area (Å²) < 4.78 is 5.75. The predicted molar refractivity (Wildman–Crippen MR) is 134 cm³/mol. The normalized spacial score (nSPS) is 12.7. The van der Waals surface area contributed by atoms with E-state index in [4.69, 9.17) is 4.74 Å². The van der Waals surface area contributed by atoms with Crippen molar-refractivity contribution in [2.75, 3.05) is 44.0 Å². The minimum Gasteiger partial charge on any atom is -0.490 e. The number of likely N-dealkylation sites (N-methyl/N-ethyl adjacent to an activating group) is 1. The monoisotopic (exact) mass is 454 g/mol. The van der Waals surface area contributed by atoms with Crippen LogP contribution in [0.5, 0.6) is 5.75 Å². The lowest BCUT2D eigenvalue weighted by atomic mass is 10.0. The molecule has 0 aliphatic carbocycles. The quantitative estimate of drug-likeness (QED) is 0.460. The molecular weight excluding hydrogens is 428 g/mol. The Kier molecular flexibility index (Phi) is 5.95. The van der Waals surface area contributed by atoms with Crippen LogP contribution >= 0.6 is 0 Å². The van der Waals surface area contributed by atoms with Crippen molar-refractivity contribution >= 4 is 28.3 Å². The van der Waals surface area contributed by atoms with Gasteiger partial charge >= 0.3 is 0 Å². The average Bonchev–Trinajstić information content (AvgIpc) is 2.88. The highest BCUT2D eigenvalue weighted by Gasteiger charge is 2.16. The fourth-order valence-corrected chi connectivity index (χ4v) is 4.22. The second-order valence-corrected chi connectivity index (χ2v) is 8.17. The SMILES string of the molecule is CNC(=O)c1ccnc2c(CCNc3cc(-c4ccc5c(c4)N(C)CCO5)ncn3)cccc12. The summed E-state index contributed by atoms with van der Waals surface area (Å²) in [5.74, 6) is 1.54. The largest absolute Gasteiger partial charge is 0.490 e. The minimum absolute atomic E-state index is 0.115. The number of pyridine rings is 1. The lowest BCUT2D eigenvalue weighted by Gasteiger charge is -2.28. The average molecular weight is 455 g/mol. The molecule has 0 fully saturated rings. The maximum atomic E-state index is 12.2. The van der Waals surface area contributed by atoms with E-state index in [0.29, 0.717) is 18.7 Å². The van der Waals surface area contributed by atoms with E-state index in [9.17, 15) is 4.79 Å². The summed E-state index contributed by atoms with van der Waals surface area (Å²) in [6, 6.07) is 15.8. The van der Waals surface area contributed by atoms with Gasteiger partial charge in [0.25, 0.3) is 5.91 Å². The topological polar surface area (TPSA) is 92.3 Å². The van der Waals surface area contributed by atoms with Gasteiger partial charge in [0.15, 0.2) is 0 Å². The van der Waals surface area contributed by atoms with Crippen LogP contribution in [-0.4, -0.2) is 54.7 Å². The van der Waals surface area contributed by atoms with E-state index in [-0.39, 0.29) is 5.91 Å². The molecule has 34 heavy (non-hydrogen) atoms. The molecule has 0 atom stereocenters. The Bertz CT molecular complexity index is 1360. The van der Waals surface area contributed by atoms with Crippen LogP contribution in [0.4, 0.5) is 11.5 Å². The molecule has 8 heteroatoms. The van der Waals surface area contributed by atoms with Crippen molar-refractivity contribution in [2.45, 2.75) is 6.42 Å².